The summed E-state index contributed by atoms with van der Waals surface area (Å²) >= 11 is 1.48. The molecule has 2 atom stereocenters. The quantitative estimate of drug-likeness (QED) is 0.642. The number of amides is 1. The topological polar surface area (TPSA) is 74.6 Å². The Hall–Kier alpha value is -3.18. The average Bonchev–Trinajstić information content (AvgIpc) is 3.53. The Morgan fingerprint density at radius 1 is 1.11 bits per heavy atom. The summed E-state index contributed by atoms with van der Waals surface area (Å²) < 4.78 is 53.0. The summed E-state index contributed by atoms with van der Waals surface area (Å²) in [7, 11) is 3.01. The second-order valence-electron chi connectivity index (χ2n) is 8.66. The lowest BCUT2D eigenvalue weighted by Crippen LogP contribution is -2.41. The van der Waals surface area contributed by atoms with E-state index in [4.69, 9.17) is 9.47 Å². The van der Waals surface area contributed by atoms with Crippen LogP contribution >= 0.6 is 11.8 Å². The van der Waals surface area contributed by atoms with E-state index in [2.05, 4.69) is 5.10 Å². The number of hydrogen-bond donors (Lipinski definition) is 1. The van der Waals surface area contributed by atoms with Gasteiger partial charge in [-0.15, -0.1) is 11.8 Å². The first kappa shape index (κ1) is 24.5. The molecule has 0 bridgehead atoms. The van der Waals surface area contributed by atoms with Crippen LogP contribution in [0.5, 0.6) is 11.5 Å². The van der Waals surface area contributed by atoms with E-state index in [0.717, 1.165) is 11.1 Å². The Morgan fingerprint density at radius 2 is 1.83 bits per heavy atom. The van der Waals surface area contributed by atoms with Crippen molar-refractivity contribution < 1.29 is 32.5 Å². The third-order valence-electron chi connectivity index (χ3n) is 6.43. The Kier molecular flexibility index (Phi) is 6.37. The molecule has 7 nitrogen and oxygen atoms in total. The van der Waals surface area contributed by atoms with Crippen LogP contribution in [0.2, 0.25) is 0 Å². The summed E-state index contributed by atoms with van der Waals surface area (Å²) in [6.45, 7) is 0.808. The number of aliphatic hydroxyl groups excluding tert-OH is 1. The van der Waals surface area contributed by atoms with Gasteiger partial charge in [0.1, 0.15) is 11.5 Å². The van der Waals surface area contributed by atoms with Gasteiger partial charge in [-0.1, -0.05) is 6.08 Å². The molecule has 1 amide bonds. The maximum atomic E-state index is 14.1. The molecule has 0 saturated carbocycles. The van der Waals surface area contributed by atoms with Crippen LogP contribution in [-0.4, -0.2) is 61.1 Å². The standard InChI is InChI=1S/C25H24F3N3O4S/c1-34-17-9-14(10-18(12-17)35-2)22-23-19(6-8-36-23)24(33)31(29-22)21-11-15(30-7-5-16(32)13-30)3-4-20(21)25(26,27)28/h3-4,6,9-12,16,23,32H,5,7-8,13H2,1-2H3/t16-,23?/m0/s1. The number of carbonyl (C=O) groups is 1. The second kappa shape index (κ2) is 9.36. The highest BCUT2D eigenvalue weighted by Gasteiger charge is 2.43. The van der Waals surface area contributed by atoms with E-state index in [1.807, 2.05) is 0 Å². The number of hydrogen-bond acceptors (Lipinski definition) is 7. The molecular weight excluding hydrogens is 495 g/mol. The molecule has 11 heteroatoms. The predicted molar refractivity (Wildman–Crippen MR) is 132 cm³/mol. The minimum Gasteiger partial charge on any atom is -0.497 e. The lowest BCUT2D eigenvalue weighted by molar-refractivity contribution is -0.137. The smallest absolute Gasteiger partial charge is 0.418 e. The van der Waals surface area contributed by atoms with Crippen molar-refractivity contribution in [1.29, 1.82) is 0 Å². The summed E-state index contributed by atoms with van der Waals surface area (Å²) in [5.41, 5.74) is 0.586. The molecule has 3 aliphatic rings. The second-order valence-corrected chi connectivity index (χ2v) is 9.80. The number of β-amino-alcohol motifs (C(OH)–C–C–N with tert-alkyl or cyclic N) is 1. The molecule has 3 heterocycles. The number of methoxy groups -OCH3 is 2. The summed E-state index contributed by atoms with van der Waals surface area (Å²) in [5.74, 6) is 0.939. The van der Waals surface area contributed by atoms with Gasteiger partial charge in [0.25, 0.3) is 5.91 Å². The fourth-order valence-electron chi connectivity index (χ4n) is 4.62. The van der Waals surface area contributed by atoms with Crippen LogP contribution in [0.1, 0.15) is 17.5 Å². The maximum Gasteiger partial charge on any atom is 0.418 e. The number of rotatable bonds is 5. The molecule has 5 rings (SSSR count). The van der Waals surface area contributed by atoms with Crippen molar-refractivity contribution in [1.82, 2.24) is 0 Å². The van der Waals surface area contributed by atoms with Crippen molar-refractivity contribution in [3.63, 3.8) is 0 Å². The van der Waals surface area contributed by atoms with Gasteiger partial charge in [-0.25, -0.2) is 0 Å². The van der Waals surface area contributed by atoms with Crippen LogP contribution in [-0.2, 0) is 11.0 Å². The SMILES string of the molecule is COc1cc(OC)cc(C2=NN(c3cc(N4CC[C@H](O)C4)ccc3C(F)(F)F)C(=O)C3=CCSC32)c1. The molecule has 0 spiro atoms. The largest absolute Gasteiger partial charge is 0.497 e. The molecule has 1 saturated heterocycles. The van der Waals surface area contributed by atoms with Crippen molar-refractivity contribution in [2.24, 2.45) is 5.10 Å². The van der Waals surface area contributed by atoms with Crippen molar-refractivity contribution in [3.05, 3.63) is 59.2 Å². The number of alkyl halides is 3. The van der Waals surface area contributed by atoms with Gasteiger partial charge in [0, 0.05) is 41.7 Å². The van der Waals surface area contributed by atoms with Gasteiger partial charge >= 0.3 is 6.18 Å². The van der Waals surface area contributed by atoms with Gasteiger partial charge in [-0.05, 0) is 36.8 Å². The summed E-state index contributed by atoms with van der Waals surface area (Å²) in [6.07, 6.45) is -3.00. The highest BCUT2D eigenvalue weighted by Crippen LogP contribution is 2.43. The van der Waals surface area contributed by atoms with Gasteiger partial charge in [0.05, 0.1) is 42.5 Å². The molecule has 3 aliphatic heterocycles. The molecule has 1 N–H and O–H groups in total. The molecule has 2 aromatic rings. The van der Waals surface area contributed by atoms with E-state index in [1.165, 1.54) is 38.1 Å². The van der Waals surface area contributed by atoms with Crippen molar-refractivity contribution in [3.8, 4) is 11.5 Å². The average molecular weight is 520 g/mol. The van der Waals surface area contributed by atoms with Crippen LogP contribution in [0.25, 0.3) is 0 Å². The number of nitrogens with zero attached hydrogens (tertiary/aromatic N) is 3. The summed E-state index contributed by atoms with van der Waals surface area (Å²) in [4.78, 5) is 15.3. The fraction of sp³-hybridized carbons (Fsp3) is 0.360. The fourth-order valence-corrected chi connectivity index (χ4v) is 5.81. The lowest BCUT2D eigenvalue weighted by atomic mass is 9.98. The zero-order valence-corrected chi connectivity index (χ0v) is 20.4. The molecule has 1 unspecified atom stereocenters. The van der Waals surface area contributed by atoms with Gasteiger partial charge < -0.3 is 19.5 Å². The number of aliphatic hydroxyl groups is 1. The van der Waals surface area contributed by atoms with Gasteiger partial charge in [-0.3, -0.25) is 4.79 Å². The first-order valence-corrected chi connectivity index (χ1v) is 12.4. The number of carbonyl (C=O) groups excluding carboxylic acids is 1. The van der Waals surface area contributed by atoms with E-state index in [9.17, 15) is 23.1 Å². The van der Waals surface area contributed by atoms with Crippen LogP contribution < -0.4 is 19.4 Å². The number of thioether (sulfide) groups is 1. The highest BCUT2D eigenvalue weighted by atomic mass is 32.2. The number of fused-ring (bicyclic) bond motifs is 1. The third-order valence-corrected chi connectivity index (χ3v) is 7.60. The molecule has 36 heavy (non-hydrogen) atoms. The minimum absolute atomic E-state index is 0.306. The Bertz CT molecular complexity index is 1240. The van der Waals surface area contributed by atoms with Gasteiger partial charge in [0.15, 0.2) is 0 Å². The zero-order valence-electron chi connectivity index (χ0n) is 19.6. The van der Waals surface area contributed by atoms with Crippen LogP contribution in [0.15, 0.2) is 53.1 Å². The number of hydrazone groups is 1. The Morgan fingerprint density at radius 3 is 2.44 bits per heavy atom. The molecule has 190 valence electrons. The van der Waals surface area contributed by atoms with Crippen LogP contribution in [0.4, 0.5) is 24.5 Å². The van der Waals surface area contributed by atoms with E-state index < -0.39 is 29.0 Å². The van der Waals surface area contributed by atoms with Crippen LogP contribution in [0, 0.1) is 0 Å². The molecule has 0 radical (unpaired) electrons. The molecule has 2 aromatic carbocycles. The summed E-state index contributed by atoms with van der Waals surface area (Å²) in [5, 5.41) is 14.9. The predicted octanol–water partition coefficient (Wildman–Crippen LogP) is 4.09. The van der Waals surface area contributed by atoms with Crippen LogP contribution in [0.3, 0.4) is 0 Å². The monoisotopic (exact) mass is 519 g/mol. The number of benzene rings is 2. The van der Waals surface area contributed by atoms with Gasteiger partial charge in [-0.2, -0.15) is 23.3 Å². The first-order valence-electron chi connectivity index (χ1n) is 11.3. The Labute approximate surface area is 210 Å². The minimum atomic E-state index is -4.71. The number of anilines is 2. The van der Waals surface area contributed by atoms with Crippen molar-refractivity contribution in [2.45, 2.75) is 24.0 Å². The highest BCUT2D eigenvalue weighted by molar-refractivity contribution is 8.01. The Balaban J connectivity index is 1.67. The first-order chi connectivity index (χ1) is 17.2. The zero-order chi connectivity index (χ0) is 25.6. The third kappa shape index (κ3) is 4.41. The molecule has 0 aliphatic carbocycles. The summed E-state index contributed by atoms with van der Waals surface area (Å²) in [6, 6.07) is 8.79. The lowest BCUT2D eigenvalue weighted by Gasteiger charge is -2.31. The number of ether oxygens (including phenoxy) is 2. The van der Waals surface area contributed by atoms with E-state index in [1.54, 1.807) is 29.2 Å². The van der Waals surface area contributed by atoms with Crippen molar-refractivity contribution in [2.75, 3.05) is 43.0 Å². The normalized spacial score (nSPS) is 21.9. The maximum absolute atomic E-state index is 14.1. The molecular formula is C25H24F3N3O4S. The molecule has 0 aromatic heterocycles. The van der Waals surface area contributed by atoms with Gasteiger partial charge in [0.2, 0.25) is 0 Å². The molecule has 1 fully saturated rings. The van der Waals surface area contributed by atoms with E-state index in [0.29, 0.717) is 59.3 Å². The van der Waals surface area contributed by atoms with E-state index in [-0.39, 0.29) is 5.69 Å². The van der Waals surface area contributed by atoms with E-state index >= 15 is 0 Å². The van der Waals surface area contributed by atoms with Crippen molar-refractivity contribution >= 4 is 34.8 Å². The number of halogens is 3.